The van der Waals surface area contributed by atoms with Crippen molar-refractivity contribution in [1.29, 1.82) is 0 Å². The van der Waals surface area contributed by atoms with E-state index < -0.39 is 29.3 Å². The van der Waals surface area contributed by atoms with E-state index in [-0.39, 0.29) is 33.9 Å². The number of hydrogen-bond donors (Lipinski definition) is 2. The predicted octanol–water partition coefficient (Wildman–Crippen LogP) is 5.94. The molecule has 0 aliphatic carbocycles. The molecule has 0 fully saturated rings. The van der Waals surface area contributed by atoms with Gasteiger partial charge in [-0.25, -0.2) is 0 Å². The summed E-state index contributed by atoms with van der Waals surface area (Å²) in [4.78, 5) is 23.0. The first kappa shape index (κ1) is 32.4. The summed E-state index contributed by atoms with van der Waals surface area (Å²) in [5, 5.41) is 19.1. The molecule has 0 aromatic heterocycles. The van der Waals surface area contributed by atoms with Crippen molar-refractivity contribution in [2.45, 2.75) is 83.1 Å². The van der Waals surface area contributed by atoms with Gasteiger partial charge >= 0.3 is 25.3 Å². The Morgan fingerprint density at radius 3 is 0.828 bits per heavy atom. The van der Waals surface area contributed by atoms with E-state index in [1.54, 1.807) is 0 Å². The van der Waals surface area contributed by atoms with Gasteiger partial charge in [-0.15, -0.1) is 0 Å². The second-order valence-electron chi connectivity index (χ2n) is 10.9. The molecule has 7 heteroatoms. The van der Waals surface area contributed by atoms with Crippen LogP contribution in [0.15, 0.2) is 23.7 Å². The number of aliphatic hydroxyl groups excluding tert-OH is 2. The fourth-order valence-electron chi connectivity index (χ4n) is 1.11. The molecule has 0 amide bonds. The Morgan fingerprint density at radius 2 is 0.724 bits per heavy atom. The van der Waals surface area contributed by atoms with Crippen LogP contribution in [0.4, 0.5) is 0 Å². The maximum absolute atomic E-state index is 11.5. The third-order valence-electron chi connectivity index (χ3n) is 3.55. The van der Waals surface area contributed by atoms with Gasteiger partial charge in [0, 0.05) is 33.8 Å². The van der Waals surface area contributed by atoms with Crippen molar-refractivity contribution in [3.05, 3.63) is 23.7 Å². The Morgan fingerprint density at radius 1 is 0.552 bits per heavy atom. The van der Waals surface area contributed by atoms with E-state index in [9.17, 15) is 19.8 Å². The summed E-state index contributed by atoms with van der Waals surface area (Å²) in [7, 11) is 0. The van der Waals surface area contributed by atoms with Gasteiger partial charge < -0.3 is 10.2 Å². The van der Waals surface area contributed by atoms with Crippen LogP contribution >= 0.6 is 0 Å². The quantitative estimate of drug-likeness (QED) is 0.278. The van der Waals surface area contributed by atoms with E-state index >= 15 is 0 Å². The van der Waals surface area contributed by atoms with Crippen LogP contribution in [0, 0.1) is 21.7 Å². The monoisotopic (exact) mass is 498 g/mol. The molecular weight excluding hydrogens is 456 g/mol. The standard InChI is InChI=1S/2C11H20O2.Mo.2O/c2*1-10(2,3)8(12)7-9(13)11(4,5)6;;;/h2*7,12H,1-6H3;;;/b2*8-7+;;;. The van der Waals surface area contributed by atoms with Crippen LogP contribution in [-0.2, 0) is 34.9 Å². The first-order valence-electron chi connectivity index (χ1n) is 9.34. The molecule has 2 N–H and O–H groups in total. The number of allylic oxidation sites excluding steroid dienone is 4. The number of ketones is 2. The first-order valence-corrected chi connectivity index (χ1v) is 11.0. The second kappa shape index (κ2) is 12.4. The van der Waals surface area contributed by atoms with Crippen LogP contribution in [0.3, 0.4) is 0 Å². The van der Waals surface area contributed by atoms with Gasteiger partial charge in [-0.2, -0.15) is 0 Å². The maximum atomic E-state index is 11.5. The van der Waals surface area contributed by atoms with E-state index in [1.807, 2.05) is 83.1 Å². The second-order valence-corrected chi connectivity index (χ2v) is 11.2. The molecule has 170 valence electrons. The normalized spacial score (nSPS) is 13.4. The van der Waals surface area contributed by atoms with Gasteiger partial charge in [0.25, 0.3) is 0 Å². The Bertz CT molecular complexity index is 587. The third kappa shape index (κ3) is 17.3. The van der Waals surface area contributed by atoms with E-state index in [0.29, 0.717) is 0 Å². The van der Waals surface area contributed by atoms with E-state index in [4.69, 9.17) is 6.80 Å². The molecule has 0 aromatic carbocycles. The van der Waals surface area contributed by atoms with Crippen LogP contribution in [-0.4, -0.2) is 21.8 Å². The minimum atomic E-state index is -2.03. The summed E-state index contributed by atoms with van der Waals surface area (Å²) in [6.45, 7) is 22.2. The number of carbonyl (C=O) groups is 2. The molecule has 0 aliphatic heterocycles. The minimum absolute atomic E-state index is 0.0417. The Balaban J connectivity index is -0.000000410. The summed E-state index contributed by atoms with van der Waals surface area (Å²) >= 11 is -2.03. The van der Waals surface area contributed by atoms with Crippen molar-refractivity contribution in [2.75, 3.05) is 0 Å². The van der Waals surface area contributed by atoms with Gasteiger partial charge in [0.2, 0.25) is 0 Å². The molecular formula is C22H40MoO6. The molecule has 0 bridgehead atoms. The number of aliphatic hydroxyl groups is 2. The van der Waals surface area contributed by atoms with Gasteiger partial charge in [0.05, 0.1) is 0 Å². The van der Waals surface area contributed by atoms with E-state index in [2.05, 4.69) is 0 Å². The van der Waals surface area contributed by atoms with Gasteiger partial charge in [-0.05, 0) is 0 Å². The third-order valence-corrected chi connectivity index (χ3v) is 3.55. The van der Waals surface area contributed by atoms with Gasteiger partial charge in [0.1, 0.15) is 11.5 Å². The summed E-state index contributed by atoms with van der Waals surface area (Å²) in [6.07, 6.45) is 2.67. The predicted molar refractivity (Wildman–Crippen MR) is 111 cm³/mol. The summed E-state index contributed by atoms with van der Waals surface area (Å²) in [5.41, 5.74) is -1.53. The number of carbonyl (C=O) groups excluding carboxylic acids is 2. The zero-order valence-corrected chi connectivity index (χ0v) is 22.1. The molecule has 0 saturated carbocycles. The number of hydrogen-bond acceptors (Lipinski definition) is 6. The molecule has 0 aromatic rings. The van der Waals surface area contributed by atoms with Crippen LogP contribution in [0.25, 0.3) is 0 Å². The molecule has 0 spiro atoms. The van der Waals surface area contributed by atoms with Crippen LogP contribution in [0.2, 0.25) is 0 Å². The summed E-state index contributed by atoms with van der Waals surface area (Å²) in [5.74, 6) is 0.208. The van der Waals surface area contributed by atoms with E-state index in [0.717, 1.165) is 0 Å². The molecule has 0 saturated heterocycles. The average molecular weight is 496 g/mol. The van der Waals surface area contributed by atoms with Crippen molar-refractivity contribution in [3.8, 4) is 0 Å². The molecule has 0 unspecified atom stereocenters. The summed E-state index contributed by atoms with van der Waals surface area (Å²) in [6, 6.07) is 0. The average Bonchev–Trinajstić information content (AvgIpc) is 2.44. The molecule has 6 nitrogen and oxygen atoms in total. The zero-order chi connectivity index (χ0) is 24.4. The topological polar surface area (TPSA) is 109 Å². The zero-order valence-electron chi connectivity index (χ0n) is 20.1. The van der Waals surface area contributed by atoms with Crippen LogP contribution < -0.4 is 0 Å². The van der Waals surface area contributed by atoms with Crippen LogP contribution in [0.1, 0.15) is 83.1 Å². The Hall–Kier alpha value is -1.29. The molecule has 0 atom stereocenters. The Labute approximate surface area is 185 Å². The van der Waals surface area contributed by atoms with Gasteiger partial charge in [-0.1, -0.05) is 83.1 Å². The van der Waals surface area contributed by atoms with Gasteiger partial charge in [0.15, 0.2) is 11.6 Å². The number of rotatable bonds is 2. The molecule has 0 heterocycles. The molecule has 0 rings (SSSR count). The fraction of sp³-hybridized carbons (Fsp3) is 0.727. The van der Waals surface area contributed by atoms with Crippen molar-refractivity contribution in [1.82, 2.24) is 0 Å². The summed E-state index contributed by atoms with van der Waals surface area (Å²) < 4.78 is 17.0. The fourth-order valence-corrected chi connectivity index (χ4v) is 1.11. The Kier molecular flexibility index (Phi) is 13.9. The first-order chi connectivity index (χ1) is 12.5. The molecule has 0 radical (unpaired) electrons. The van der Waals surface area contributed by atoms with Crippen molar-refractivity contribution in [2.24, 2.45) is 21.7 Å². The van der Waals surface area contributed by atoms with Crippen molar-refractivity contribution >= 4 is 11.6 Å². The SMILES string of the molecule is CC(C)(C)C(=O)/C=C(/O)C(C)(C)C.CC(C)(C)C(=O)/C=C(/O)C(C)(C)C.[O]=[Mo]=[O]. The van der Waals surface area contributed by atoms with Crippen molar-refractivity contribution < 1.29 is 45.1 Å². The molecule has 0 aliphatic rings. The van der Waals surface area contributed by atoms with Crippen molar-refractivity contribution in [3.63, 3.8) is 0 Å². The molecule has 29 heavy (non-hydrogen) atoms. The van der Waals surface area contributed by atoms with E-state index in [1.165, 1.54) is 12.2 Å². The van der Waals surface area contributed by atoms with Gasteiger partial charge in [-0.3, -0.25) is 9.59 Å². The van der Waals surface area contributed by atoms with Crippen LogP contribution in [0.5, 0.6) is 0 Å².